The molecule has 19 heavy (non-hydrogen) atoms. The Morgan fingerprint density at radius 1 is 1.11 bits per heavy atom. The van der Waals surface area contributed by atoms with Crippen molar-refractivity contribution >= 4 is 0 Å². The first kappa shape index (κ1) is 13.4. The van der Waals surface area contributed by atoms with Gasteiger partial charge in [-0.15, -0.1) is 0 Å². The van der Waals surface area contributed by atoms with Crippen molar-refractivity contribution in [2.75, 3.05) is 6.61 Å². The summed E-state index contributed by atoms with van der Waals surface area (Å²) in [7, 11) is 0. The lowest BCUT2D eigenvalue weighted by Gasteiger charge is -2.06. The molecule has 5 heteroatoms. The van der Waals surface area contributed by atoms with E-state index >= 15 is 0 Å². The van der Waals surface area contributed by atoms with Crippen molar-refractivity contribution in [3.05, 3.63) is 59.4 Å². The van der Waals surface area contributed by atoms with Gasteiger partial charge in [-0.05, 0) is 29.8 Å². The number of benzene rings is 1. The molecule has 0 aliphatic carbocycles. The van der Waals surface area contributed by atoms with Gasteiger partial charge in [0.05, 0.1) is 25.1 Å². The van der Waals surface area contributed by atoms with E-state index in [0.29, 0.717) is 30.0 Å². The van der Waals surface area contributed by atoms with Crippen LogP contribution in [0.15, 0.2) is 36.5 Å². The van der Waals surface area contributed by atoms with Crippen molar-refractivity contribution < 1.29 is 18.6 Å². The minimum absolute atomic E-state index is 0.116. The summed E-state index contributed by atoms with van der Waals surface area (Å²) in [5.41, 5.74) is 1.23. The molecule has 0 aliphatic heterocycles. The van der Waals surface area contributed by atoms with Gasteiger partial charge in [-0.25, -0.2) is 8.78 Å². The predicted molar refractivity (Wildman–Crippen MR) is 65.7 cm³/mol. The molecular formula is C14H13F2NO2. The minimum atomic E-state index is -0.855. The van der Waals surface area contributed by atoms with E-state index in [1.165, 1.54) is 12.3 Å². The van der Waals surface area contributed by atoms with Crippen LogP contribution in [0.3, 0.4) is 0 Å². The van der Waals surface area contributed by atoms with Crippen LogP contribution in [0.5, 0.6) is 5.75 Å². The minimum Gasteiger partial charge on any atom is -0.492 e. The molecule has 0 aliphatic rings. The number of hydrogen-bond donors (Lipinski definition) is 1. The number of nitrogens with zero attached hydrogens (tertiary/aromatic N) is 1. The first-order valence-electron chi connectivity index (χ1n) is 5.81. The molecule has 0 saturated carbocycles. The highest BCUT2D eigenvalue weighted by Gasteiger charge is 2.03. The summed E-state index contributed by atoms with van der Waals surface area (Å²) in [6.07, 6.45) is 1.98. The second-order valence-corrected chi connectivity index (χ2v) is 3.99. The fourth-order valence-electron chi connectivity index (χ4n) is 1.57. The topological polar surface area (TPSA) is 42.4 Å². The largest absolute Gasteiger partial charge is 0.492 e. The molecule has 0 fully saturated rings. The Morgan fingerprint density at radius 2 is 1.95 bits per heavy atom. The Kier molecular flexibility index (Phi) is 4.41. The van der Waals surface area contributed by atoms with Gasteiger partial charge in [0.15, 0.2) is 11.6 Å². The Morgan fingerprint density at radius 3 is 2.58 bits per heavy atom. The van der Waals surface area contributed by atoms with Gasteiger partial charge in [0.1, 0.15) is 5.75 Å². The highest BCUT2D eigenvalue weighted by molar-refractivity contribution is 5.20. The second kappa shape index (κ2) is 6.24. The van der Waals surface area contributed by atoms with Gasteiger partial charge >= 0.3 is 0 Å². The van der Waals surface area contributed by atoms with Crippen LogP contribution >= 0.6 is 0 Å². The maximum absolute atomic E-state index is 13.0. The molecule has 0 amide bonds. The van der Waals surface area contributed by atoms with Crippen LogP contribution in [-0.4, -0.2) is 16.7 Å². The molecule has 1 aromatic carbocycles. The lowest BCUT2D eigenvalue weighted by atomic mass is 10.1. The summed E-state index contributed by atoms with van der Waals surface area (Å²) in [6.45, 7) is 0.223. The van der Waals surface area contributed by atoms with Gasteiger partial charge in [-0.2, -0.15) is 0 Å². The number of ether oxygens (including phenoxy) is 1. The van der Waals surface area contributed by atoms with E-state index < -0.39 is 11.6 Å². The molecule has 100 valence electrons. The van der Waals surface area contributed by atoms with Crippen LogP contribution in [0.4, 0.5) is 8.78 Å². The quantitative estimate of drug-likeness (QED) is 0.903. The van der Waals surface area contributed by atoms with Crippen LogP contribution in [0.25, 0.3) is 0 Å². The Labute approximate surface area is 109 Å². The highest BCUT2D eigenvalue weighted by atomic mass is 19.2. The molecule has 0 radical (unpaired) electrons. The van der Waals surface area contributed by atoms with Crippen LogP contribution in [0.1, 0.15) is 11.3 Å². The number of hydrogen-bond acceptors (Lipinski definition) is 3. The van der Waals surface area contributed by atoms with Gasteiger partial charge in [0, 0.05) is 6.42 Å². The molecule has 3 nitrogen and oxygen atoms in total. The van der Waals surface area contributed by atoms with E-state index in [9.17, 15) is 8.78 Å². The summed E-state index contributed by atoms with van der Waals surface area (Å²) in [5.74, 6) is -1.14. The molecular weight excluding hydrogens is 252 g/mol. The molecule has 1 aromatic heterocycles. The van der Waals surface area contributed by atoms with E-state index in [-0.39, 0.29) is 6.61 Å². The zero-order valence-corrected chi connectivity index (χ0v) is 10.1. The maximum Gasteiger partial charge on any atom is 0.159 e. The third kappa shape index (κ3) is 3.72. The third-order valence-corrected chi connectivity index (χ3v) is 2.60. The van der Waals surface area contributed by atoms with Crippen LogP contribution in [-0.2, 0) is 13.0 Å². The number of rotatable bonds is 5. The van der Waals surface area contributed by atoms with E-state index in [4.69, 9.17) is 9.84 Å². The van der Waals surface area contributed by atoms with Crippen molar-refractivity contribution in [3.63, 3.8) is 0 Å². The Bertz CT molecular complexity index is 544. The van der Waals surface area contributed by atoms with Crippen molar-refractivity contribution in [2.24, 2.45) is 0 Å². The predicted octanol–water partition coefficient (Wildman–Crippen LogP) is 2.47. The standard InChI is InChI=1S/C14H13F2NO2/c15-13-4-1-10(7-14(13)16)5-6-19-12-3-2-11(9-18)17-8-12/h1-4,7-8,18H,5-6,9H2. The molecule has 0 saturated heterocycles. The Balaban J connectivity index is 1.86. The smallest absolute Gasteiger partial charge is 0.159 e. The summed E-state index contributed by atoms with van der Waals surface area (Å²) in [4.78, 5) is 3.96. The number of aromatic nitrogens is 1. The first-order valence-corrected chi connectivity index (χ1v) is 5.81. The van der Waals surface area contributed by atoms with Gasteiger partial charge in [-0.3, -0.25) is 4.98 Å². The monoisotopic (exact) mass is 265 g/mol. The van der Waals surface area contributed by atoms with Crippen LogP contribution in [0.2, 0.25) is 0 Å². The third-order valence-electron chi connectivity index (χ3n) is 2.60. The molecule has 0 spiro atoms. The number of aliphatic hydroxyl groups is 1. The van der Waals surface area contributed by atoms with Gasteiger partial charge in [0.2, 0.25) is 0 Å². The summed E-state index contributed by atoms with van der Waals surface area (Å²) >= 11 is 0. The average Bonchev–Trinajstić information content (AvgIpc) is 2.43. The van der Waals surface area contributed by atoms with E-state index in [2.05, 4.69) is 4.98 Å². The zero-order valence-electron chi connectivity index (χ0n) is 10.1. The molecule has 2 aromatic rings. The highest BCUT2D eigenvalue weighted by Crippen LogP contribution is 2.12. The summed E-state index contributed by atoms with van der Waals surface area (Å²) < 4.78 is 31.1. The summed E-state index contributed by atoms with van der Waals surface area (Å²) in [5, 5.41) is 8.83. The van der Waals surface area contributed by atoms with E-state index in [1.807, 2.05) is 0 Å². The normalized spacial score (nSPS) is 10.5. The van der Waals surface area contributed by atoms with Gasteiger partial charge in [-0.1, -0.05) is 6.07 Å². The van der Waals surface area contributed by atoms with Crippen LogP contribution < -0.4 is 4.74 Å². The summed E-state index contributed by atoms with van der Waals surface area (Å²) in [6, 6.07) is 7.14. The van der Waals surface area contributed by atoms with E-state index in [0.717, 1.165) is 12.1 Å². The lowest BCUT2D eigenvalue weighted by Crippen LogP contribution is -2.02. The van der Waals surface area contributed by atoms with Gasteiger partial charge < -0.3 is 9.84 Å². The maximum atomic E-state index is 13.0. The molecule has 1 heterocycles. The SMILES string of the molecule is OCc1ccc(OCCc2ccc(F)c(F)c2)cn1. The fraction of sp³-hybridized carbons (Fsp3) is 0.214. The van der Waals surface area contributed by atoms with Crippen molar-refractivity contribution in [2.45, 2.75) is 13.0 Å². The molecule has 1 N–H and O–H groups in total. The fourth-order valence-corrected chi connectivity index (χ4v) is 1.57. The number of halogens is 2. The van der Waals surface area contributed by atoms with E-state index in [1.54, 1.807) is 12.1 Å². The van der Waals surface area contributed by atoms with Crippen molar-refractivity contribution in [1.29, 1.82) is 0 Å². The zero-order chi connectivity index (χ0) is 13.7. The number of aliphatic hydroxyl groups excluding tert-OH is 1. The molecule has 2 rings (SSSR count). The number of pyridine rings is 1. The van der Waals surface area contributed by atoms with Crippen molar-refractivity contribution in [3.8, 4) is 5.75 Å². The first-order chi connectivity index (χ1) is 9.19. The Hall–Kier alpha value is -2.01. The second-order valence-electron chi connectivity index (χ2n) is 3.99. The van der Waals surface area contributed by atoms with Gasteiger partial charge in [0.25, 0.3) is 0 Å². The molecule has 0 atom stereocenters. The molecule has 0 unspecified atom stereocenters. The average molecular weight is 265 g/mol. The van der Waals surface area contributed by atoms with Crippen molar-refractivity contribution in [1.82, 2.24) is 4.98 Å². The lowest BCUT2D eigenvalue weighted by molar-refractivity contribution is 0.275. The van der Waals surface area contributed by atoms with Crippen LogP contribution in [0, 0.1) is 11.6 Å². The molecule has 0 bridgehead atoms.